The average molecular weight is 413 g/mol. The van der Waals surface area contributed by atoms with Gasteiger partial charge in [0.2, 0.25) is 0 Å². The van der Waals surface area contributed by atoms with Crippen LogP contribution in [0.2, 0.25) is 0 Å². The maximum absolute atomic E-state index is 12.5. The molecule has 0 aromatic heterocycles. The quantitative estimate of drug-likeness (QED) is 0.507. The topological polar surface area (TPSA) is 120 Å². The summed E-state index contributed by atoms with van der Waals surface area (Å²) in [7, 11) is 0. The maximum atomic E-state index is 12.5. The van der Waals surface area contributed by atoms with Gasteiger partial charge in [-0.3, -0.25) is 19.7 Å². The molecule has 158 valence electrons. The zero-order valence-corrected chi connectivity index (χ0v) is 16.6. The Morgan fingerprint density at radius 2 is 2.07 bits per heavy atom. The van der Waals surface area contributed by atoms with Crippen molar-refractivity contribution in [3.8, 4) is 5.75 Å². The molecule has 1 aliphatic rings. The predicted octanol–water partition coefficient (Wildman–Crippen LogP) is 2.83. The lowest BCUT2D eigenvalue weighted by molar-refractivity contribution is -0.385. The number of nitro groups is 1. The van der Waals surface area contributed by atoms with Crippen LogP contribution in [0.5, 0.6) is 5.75 Å². The molecule has 9 heteroatoms. The summed E-state index contributed by atoms with van der Waals surface area (Å²) in [5, 5.41) is 16.4. The number of rotatable bonds is 8. The molecular weight excluding hydrogens is 390 g/mol. The highest BCUT2D eigenvalue weighted by molar-refractivity contribution is 6.04. The molecule has 3 rings (SSSR count). The number of hydrogen-bond donors (Lipinski definition) is 2. The summed E-state index contributed by atoms with van der Waals surface area (Å²) in [6, 6.07) is 11.0. The van der Waals surface area contributed by atoms with Gasteiger partial charge in [-0.1, -0.05) is 12.1 Å². The van der Waals surface area contributed by atoms with Crippen molar-refractivity contribution < 1.29 is 24.0 Å². The van der Waals surface area contributed by atoms with Crippen LogP contribution in [0.4, 0.5) is 11.4 Å². The largest absolute Gasteiger partial charge is 0.484 e. The fraction of sp³-hybridized carbons (Fsp3) is 0.333. The molecule has 1 saturated heterocycles. The first kappa shape index (κ1) is 21.3. The summed E-state index contributed by atoms with van der Waals surface area (Å²) in [5.41, 5.74) is 1.13. The molecule has 0 aliphatic carbocycles. The van der Waals surface area contributed by atoms with Crippen molar-refractivity contribution in [1.82, 2.24) is 5.32 Å². The summed E-state index contributed by atoms with van der Waals surface area (Å²) in [6.45, 7) is 2.42. The zero-order chi connectivity index (χ0) is 21.5. The number of aryl methyl sites for hydroxylation is 1. The SMILES string of the molecule is Cc1cc(OCC(=O)Nc2ccccc2C(=O)NCC2CCCO2)ccc1[N+](=O)[O-]. The van der Waals surface area contributed by atoms with E-state index < -0.39 is 10.8 Å². The normalized spacial score (nSPS) is 15.4. The van der Waals surface area contributed by atoms with E-state index in [2.05, 4.69) is 10.6 Å². The molecule has 0 radical (unpaired) electrons. The monoisotopic (exact) mass is 413 g/mol. The summed E-state index contributed by atoms with van der Waals surface area (Å²) in [6.07, 6.45) is 1.92. The van der Waals surface area contributed by atoms with Crippen molar-refractivity contribution in [2.24, 2.45) is 0 Å². The lowest BCUT2D eigenvalue weighted by atomic mass is 10.1. The van der Waals surface area contributed by atoms with E-state index in [1.54, 1.807) is 31.2 Å². The van der Waals surface area contributed by atoms with Crippen LogP contribution in [0.3, 0.4) is 0 Å². The van der Waals surface area contributed by atoms with Crippen LogP contribution in [0.1, 0.15) is 28.8 Å². The summed E-state index contributed by atoms with van der Waals surface area (Å²) < 4.78 is 10.9. The number of carbonyl (C=O) groups is 2. The molecule has 0 bridgehead atoms. The Kier molecular flexibility index (Phi) is 6.97. The standard InChI is InChI=1S/C21H23N3O6/c1-14-11-15(8-9-19(14)24(27)28)30-13-20(25)23-18-7-3-2-6-17(18)21(26)22-12-16-5-4-10-29-16/h2-3,6-9,11,16H,4-5,10,12-13H2,1H3,(H,22,26)(H,23,25). The predicted molar refractivity (Wildman–Crippen MR) is 110 cm³/mol. The number of para-hydroxylation sites is 1. The number of ether oxygens (including phenoxy) is 2. The van der Waals surface area contributed by atoms with E-state index >= 15 is 0 Å². The first-order valence-electron chi connectivity index (χ1n) is 9.60. The lowest BCUT2D eigenvalue weighted by Gasteiger charge is -2.14. The molecular formula is C21H23N3O6. The Morgan fingerprint density at radius 3 is 2.77 bits per heavy atom. The van der Waals surface area contributed by atoms with Gasteiger partial charge >= 0.3 is 0 Å². The summed E-state index contributed by atoms with van der Waals surface area (Å²) in [5.74, 6) is -0.408. The Morgan fingerprint density at radius 1 is 1.27 bits per heavy atom. The third kappa shape index (κ3) is 5.54. The molecule has 1 unspecified atom stereocenters. The van der Waals surface area contributed by atoms with Crippen molar-refractivity contribution in [3.63, 3.8) is 0 Å². The highest BCUT2D eigenvalue weighted by Crippen LogP contribution is 2.23. The molecule has 1 heterocycles. The van der Waals surface area contributed by atoms with E-state index in [0.29, 0.717) is 35.7 Å². The Bertz CT molecular complexity index is 940. The molecule has 2 amide bonds. The van der Waals surface area contributed by atoms with Crippen LogP contribution >= 0.6 is 0 Å². The van der Waals surface area contributed by atoms with E-state index in [1.807, 2.05) is 0 Å². The molecule has 1 atom stereocenters. The van der Waals surface area contributed by atoms with E-state index in [1.165, 1.54) is 18.2 Å². The first-order valence-corrected chi connectivity index (χ1v) is 9.60. The minimum atomic E-state index is -0.480. The van der Waals surface area contributed by atoms with Gasteiger partial charge < -0.3 is 20.1 Å². The van der Waals surface area contributed by atoms with E-state index in [4.69, 9.17) is 9.47 Å². The lowest BCUT2D eigenvalue weighted by Crippen LogP contribution is -2.32. The maximum Gasteiger partial charge on any atom is 0.272 e. The van der Waals surface area contributed by atoms with Crippen molar-refractivity contribution >= 4 is 23.2 Å². The molecule has 30 heavy (non-hydrogen) atoms. The van der Waals surface area contributed by atoms with Crippen LogP contribution in [0, 0.1) is 17.0 Å². The number of carbonyl (C=O) groups excluding carboxylic acids is 2. The van der Waals surface area contributed by atoms with Crippen molar-refractivity contribution in [3.05, 3.63) is 63.7 Å². The van der Waals surface area contributed by atoms with Gasteiger partial charge in [0.25, 0.3) is 17.5 Å². The van der Waals surface area contributed by atoms with E-state index in [9.17, 15) is 19.7 Å². The van der Waals surface area contributed by atoms with Gasteiger partial charge in [-0.05, 0) is 44.0 Å². The van der Waals surface area contributed by atoms with Gasteiger partial charge in [0, 0.05) is 24.8 Å². The smallest absolute Gasteiger partial charge is 0.272 e. The molecule has 0 saturated carbocycles. The minimum absolute atomic E-state index is 0.0188. The molecule has 2 N–H and O–H groups in total. The molecule has 2 aromatic rings. The van der Waals surface area contributed by atoms with Crippen LogP contribution in [0.15, 0.2) is 42.5 Å². The van der Waals surface area contributed by atoms with Crippen molar-refractivity contribution in [2.45, 2.75) is 25.9 Å². The number of anilines is 1. The molecule has 9 nitrogen and oxygen atoms in total. The number of hydrogen-bond acceptors (Lipinski definition) is 6. The second-order valence-corrected chi connectivity index (χ2v) is 6.93. The third-order valence-electron chi connectivity index (χ3n) is 4.69. The summed E-state index contributed by atoms with van der Waals surface area (Å²) in [4.78, 5) is 35.2. The van der Waals surface area contributed by atoms with Crippen molar-refractivity contribution in [2.75, 3.05) is 25.1 Å². The number of nitrogens with zero attached hydrogens (tertiary/aromatic N) is 1. The van der Waals surface area contributed by atoms with Crippen LogP contribution in [-0.4, -0.2) is 42.6 Å². The van der Waals surface area contributed by atoms with Crippen LogP contribution < -0.4 is 15.4 Å². The Balaban J connectivity index is 1.56. The molecule has 1 aliphatic heterocycles. The number of amides is 2. The zero-order valence-electron chi connectivity index (χ0n) is 16.6. The van der Waals surface area contributed by atoms with E-state index in [0.717, 1.165) is 12.8 Å². The van der Waals surface area contributed by atoms with Gasteiger partial charge in [-0.25, -0.2) is 0 Å². The number of benzene rings is 2. The molecule has 0 spiro atoms. The van der Waals surface area contributed by atoms with Crippen LogP contribution in [0.25, 0.3) is 0 Å². The second-order valence-electron chi connectivity index (χ2n) is 6.93. The van der Waals surface area contributed by atoms with Gasteiger partial charge in [-0.2, -0.15) is 0 Å². The fourth-order valence-electron chi connectivity index (χ4n) is 3.15. The van der Waals surface area contributed by atoms with Crippen LogP contribution in [-0.2, 0) is 9.53 Å². The summed E-state index contributed by atoms with van der Waals surface area (Å²) >= 11 is 0. The molecule has 2 aromatic carbocycles. The van der Waals surface area contributed by atoms with Gasteiger partial charge in [0.1, 0.15) is 5.75 Å². The van der Waals surface area contributed by atoms with Gasteiger partial charge in [-0.15, -0.1) is 0 Å². The average Bonchev–Trinajstić information content (AvgIpc) is 3.24. The number of nitro benzene ring substituents is 1. The molecule has 1 fully saturated rings. The van der Waals surface area contributed by atoms with Gasteiger partial charge in [0.15, 0.2) is 6.61 Å². The van der Waals surface area contributed by atoms with E-state index in [-0.39, 0.29) is 24.3 Å². The van der Waals surface area contributed by atoms with Gasteiger partial charge in [0.05, 0.1) is 22.3 Å². The third-order valence-corrected chi connectivity index (χ3v) is 4.69. The number of nitrogens with one attached hydrogen (secondary N) is 2. The van der Waals surface area contributed by atoms with Crippen molar-refractivity contribution in [1.29, 1.82) is 0 Å². The Labute approximate surface area is 173 Å². The second kappa shape index (κ2) is 9.84. The highest BCUT2D eigenvalue weighted by Gasteiger charge is 2.18. The highest BCUT2D eigenvalue weighted by atomic mass is 16.6. The minimum Gasteiger partial charge on any atom is -0.484 e. The first-order chi connectivity index (χ1) is 14.4. The fourth-order valence-corrected chi connectivity index (χ4v) is 3.15. The Hall–Kier alpha value is -3.46.